The molecule has 0 rings (SSSR count). The molecule has 0 unspecified atom stereocenters. The van der Waals surface area contributed by atoms with E-state index in [1.807, 2.05) is 0 Å². The van der Waals surface area contributed by atoms with Gasteiger partial charge in [0, 0.05) is 6.26 Å². The van der Waals surface area contributed by atoms with Gasteiger partial charge in [0.2, 0.25) is 0 Å². The first kappa shape index (κ1) is 9.66. The molecule has 0 radical (unpaired) electrons. The zero-order valence-corrected chi connectivity index (χ0v) is 4.69. The molecule has 0 aliphatic heterocycles. The van der Waals surface area contributed by atoms with Crippen LogP contribution in [-0.4, -0.2) is 19.2 Å². The zero-order valence-electron chi connectivity index (χ0n) is 2.93. The smallest absolute Gasteiger partial charge is 0.748 e. The van der Waals surface area contributed by atoms with E-state index in [2.05, 4.69) is 0 Å². The summed E-state index contributed by atoms with van der Waals surface area (Å²) in [7, 11) is -3.92. The molecule has 0 heterocycles. The Morgan fingerprint density at radius 2 is 1.50 bits per heavy atom. The van der Waals surface area contributed by atoms with Crippen molar-refractivity contribution in [3.05, 3.63) is 0 Å². The van der Waals surface area contributed by atoms with E-state index in [-0.39, 0.29) is 17.1 Å². The summed E-state index contributed by atoms with van der Waals surface area (Å²) in [6.07, 6.45) is 0.604. The molecule has 0 aromatic heterocycles. The van der Waals surface area contributed by atoms with Crippen LogP contribution in [-0.2, 0) is 27.2 Å². The van der Waals surface area contributed by atoms with E-state index in [0.717, 1.165) is 0 Å². The molecule has 0 saturated carbocycles. The quantitative estimate of drug-likeness (QED) is 0.341. The fourth-order valence-corrected chi connectivity index (χ4v) is 0. The van der Waals surface area contributed by atoms with Crippen LogP contribution in [0.1, 0.15) is 0 Å². The molecule has 42 valence electrons. The van der Waals surface area contributed by atoms with Gasteiger partial charge in [-0.05, 0) is 0 Å². The van der Waals surface area contributed by atoms with Crippen LogP contribution in [0.3, 0.4) is 0 Å². The number of rotatable bonds is 0. The van der Waals surface area contributed by atoms with Crippen molar-refractivity contribution in [2.75, 3.05) is 6.26 Å². The summed E-state index contributed by atoms with van der Waals surface area (Å²) in [5, 5.41) is 0. The van der Waals surface area contributed by atoms with Crippen LogP contribution in [0.4, 0.5) is 0 Å². The van der Waals surface area contributed by atoms with Crippen molar-refractivity contribution in [2.24, 2.45) is 0 Å². The van der Waals surface area contributed by atoms with Gasteiger partial charge in [-0.25, -0.2) is 8.42 Å². The van der Waals surface area contributed by atoms with Gasteiger partial charge >= 0.3 is 17.1 Å². The minimum atomic E-state index is -3.92. The topological polar surface area (TPSA) is 57.2 Å². The number of hydrogen-bond acceptors (Lipinski definition) is 3. The van der Waals surface area contributed by atoms with Crippen molar-refractivity contribution in [1.29, 1.82) is 0 Å². The van der Waals surface area contributed by atoms with Gasteiger partial charge < -0.3 is 4.55 Å². The molecule has 0 N–H and O–H groups in total. The molecule has 0 bridgehead atoms. The molecule has 0 aromatic rings. The Morgan fingerprint density at radius 1 is 1.50 bits per heavy atom. The van der Waals surface area contributed by atoms with Gasteiger partial charge in [-0.15, -0.1) is 0 Å². The van der Waals surface area contributed by atoms with E-state index in [1.54, 1.807) is 0 Å². The predicted octanol–water partition coefficient (Wildman–Crippen LogP) is -0.841. The van der Waals surface area contributed by atoms with Gasteiger partial charge in [0.25, 0.3) is 0 Å². The fraction of sp³-hybridized carbons (Fsp3) is 1.00. The van der Waals surface area contributed by atoms with Gasteiger partial charge in [-0.1, -0.05) is 0 Å². The summed E-state index contributed by atoms with van der Waals surface area (Å²) in [4.78, 5) is 0. The molecular weight excluding hydrogens is 156 g/mol. The summed E-state index contributed by atoms with van der Waals surface area (Å²) in [6, 6.07) is 0. The minimum Gasteiger partial charge on any atom is -0.748 e. The molecule has 0 amide bonds. The van der Waals surface area contributed by atoms with E-state index in [0.29, 0.717) is 6.26 Å². The van der Waals surface area contributed by atoms with Gasteiger partial charge in [-0.3, -0.25) is 0 Å². The summed E-state index contributed by atoms with van der Waals surface area (Å²) in [6.45, 7) is 0. The Morgan fingerprint density at radius 3 is 1.50 bits per heavy atom. The Balaban J connectivity index is 0. The van der Waals surface area contributed by atoms with Crippen molar-refractivity contribution in [3.8, 4) is 0 Å². The second-order valence-corrected chi connectivity index (χ2v) is 2.11. The van der Waals surface area contributed by atoms with E-state index >= 15 is 0 Å². The molecular formula is CH3CuO3S. The second kappa shape index (κ2) is 2.58. The first-order valence-corrected chi connectivity index (χ1v) is 2.72. The van der Waals surface area contributed by atoms with Crippen LogP contribution in [0.5, 0.6) is 0 Å². The minimum absolute atomic E-state index is 0. The first-order valence-electron chi connectivity index (χ1n) is 0.908. The normalized spacial score (nSPS) is 9.67. The van der Waals surface area contributed by atoms with Crippen LogP contribution in [0.25, 0.3) is 0 Å². The third-order valence-electron chi connectivity index (χ3n) is 0. The molecule has 0 aliphatic carbocycles. The van der Waals surface area contributed by atoms with Gasteiger partial charge in [-0.2, -0.15) is 0 Å². The molecule has 0 aromatic carbocycles. The van der Waals surface area contributed by atoms with Crippen molar-refractivity contribution in [2.45, 2.75) is 0 Å². The van der Waals surface area contributed by atoms with E-state index in [4.69, 9.17) is 13.0 Å². The summed E-state index contributed by atoms with van der Waals surface area (Å²) in [5.41, 5.74) is 0. The van der Waals surface area contributed by atoms with E-state index in [9.17, 15) is 0 Å². The van der Waals surface area contributed by atoms with E-state index < -0.39 is 10.1 Å². The molecule has 3 nitrogen and oxygen atoms in total. The Hall–Kier alpha value is 0.429. The number of hydrogen-bond donors (Lipinski definition) is 0. The van der Waals surface area contributed by atoms with Crippen LogP contribution >= 0.6 is 0 Å². The molecule has 0 spiro atoms. The molecule has 0 saturated heterocycles. The molecule has 0 atom stereocenters. The molecule has 6 heavy (non-hydrogen) atoms. The van der Waals surface area contributed by atoms with Crippen LogP contribution in [0.2, 0.25) is 0 Å². The average Bonchev–Trinajstić information content (AvgIpc) is 0.722. The molecule has 5 heteroatoms. The van der Waals surface area contributed by atoms with Gasteiger partial charge in [0.1, 0.15) is 0 Å². The average molecular weight is 159 g/mol. The van der Waals surface area contributed by atoms with Crippen molar-refractivity contribution >= 4 is 10.1 Å². The Bertz CT molecular complexity index is 94.0. The van der Waals surface area contributed by atoms with Crippen LogP contribution < -0.4 is 0 Å². The van der Waals surface area contributed by atoms with Gasteiger partial charge in [0.05, 0.1) is 10.1 Å². The standard InChI is InChI=1S/CH4O3S.Cu/c1-5(2,3)4;/h1H3,(H,2,3,4);/q;+1/p-1. The van der Waals surface area contributed by atoms with Crippen molar-refractivity contribution < 1.29 is 30.0 Å². The Kier molecular flexibility index (Phi) is 4.15. The van der Waals surface area contributed by atoms with Gasteiger partial charge in [0.15, 0.2) is 0 Å². The molecule has 0 fully saturated rings. The Labute approximate surface area is 47.0 Å². The maximum absolute atomic E-state index is 9.08. The third kappa shape index (κ3) is 282. The third-order valence-corrected chi connectivity index (χ3v) is 0. The maximum atomic E-state index is 9.08. The largest absolute Gasteiger partial charge is 1.00 e. The summed E-state index contributed by atoms with van der Waals surface area (Å²) in [5.74, 6) is 0. The summed E-state index contributed by atoms with van der Waals surface area (Å²) >= 11 is 0. The fourth-order valence-electron chi connectivity index (χ4n) is 0. The summed E-state index contributed by atoms with van der Waals surface area (Å²) < 4.78 is 27.2. The van der Waals surface area contributed by atoms with Crippen molar-refractivity contribution in [1.82, 2.24) is 0 Å². The second-order valence-electron chi connectivity index (χ2n) is 0.704. The predicted molar refractivity (Wildman–Crippen MR) is 15.6 cm³/mol. The van der Waals surface area contributed by atoms with E-state index in [1.165, 1.54) is 0 Å². The zero-order chi connectivity index (χ0) is 4.50. The maximum Gasteiger partial charge on any atom is 1.00 e. The molecule has 0 aliphatic rings. The monoisotopic (exact) mass is 158 g/mol. The first-order chi connectivity index (χ1) is 2.00. The van der Waals surface area contributed by atoms with Crippen LogP contribution in [0.15, 0.2) is 0 Å². The SMILES string of the molecule is CS(=O)(=O)[O-].[Cu+]. The van der Waals surface area contributed by atoms with Crippen LogP contribution in [0, 0.1) is 0 Å². The van der Waals surface area contributed by atoms with Crippen molar-refractivity contribution in [3.63, 3.8) is 0 Å².